The highest BCUT2D eigenvalue weighted by atomic mass is 32.2. The molecule has 1 N–H and O–H groups in total. The van der Waals surface area contributed by atoms with E-state index in [0.717, 1.165) is 42.1 Å². The summed E-state index contributed by atoms with van der Waals surface area (Å²) in [5.41, 5.74) is 0.801. The standard InChI is InChI=1S/C24H34N4O3S/c1-19(24(29)25-23-14-8-10-20-9-6-7-13-22(20)23)27-15-17-28(18-16-27)32(30,31)26(2)21-11-4-3-5-12-21/h6-10,13-14,19,21H,3-5,11-12,15-18H2,1-2H3,(H,25,29). The molecule has 1 heterocycles. The van der Waals surface area contributed by atoms with Crippen LogP contribution >= 0.6 is 0 Å². The molecule has 2 aromatic rings. The maximum absolute atomic E-state index is 13.1. The van der Waals surface area contributed by atoms with Gasteiger partial charge in [0, 0.05) is 50.3 Å². The Kier molecular flexibility index (Phi) is 7.14. The van der Waals surface area contributed by atoms with Crippen LogP contribution in [-0.4, -0.2) is 73.1 Å². The largest absolute Gasteiger partial charge is 0.324 e. The van der Waals surface area contributed by atoms with E-state index in [-0.39, 0.29) is 18.0 Å². The second-order valence-corrected chi connectivity index (χ2v) is 10.9. The molecule has 7 nitrogen and oxygen atoms in total. The molecule has 1 unspecified atom stereocenters. The normalized spacial score (nSPS) is 20.5. The van der Waals surface area contributed by atoms with E-state index in [4.69, 9.17) is 0 Å². The van der Waals surface area contributed by atoms with E-state index in [1.54, 1.807) is 15.7 Å². The van der Waals surface area contributed by atoms with Crippen LogP contribution in [0.25, 0.3) is 10.8 Å². The molecular weight excluding hydrogens is 424 g/mol. The number of rotatable bonds is 6. The van der Waals surface area contributed by atoms with Crippen LogP contribution in [0.3, 0.4) is 0 Å². The van der Waals surface area contributed by atoms with Crippen molar-refractivity contribution in [1.29, 1.82) is 0 Å². The predicted molar refractivity (Wildman–Crippen MR) is 129 cm³/mol. The van der Waals surface area contributed by atoms with E-state index in [1.165, 1.54) is 6.42 Å². The fraction of sp³-hybridized carbons (Fsp3) is 0.542. The van der Waals surface area contributed by atoms with Gasteiger partial charge in [-0.15, -0.1) is 0 Å². The predicted octanol–water partition coefficient (Wildman–Crippen LogP) is 3.29. The van der Waals surface area contributed by atoms with E-state index in [9.17, 15) is 13.2 Å². The van der Waals surface area contributed by atoms with Gasteiger partial charge in [-0.25, -0.2) is 0 Å². The topological polar surface area (TPSA) is 73.0 Å². The van der Waals surface area contributed by atoms with E-state index < -0.39 is 10.2 Å². The third kappa shape index (κ3) is 4.83. The summed E-state index contributed by atoms with van der Waals surface area (Å²) < 4.78 is 29.4. The second-order valence-electron chi connectivity index (χ2n) is 8.94. The third-order valence-electron chi connectivity index (χ3n) is 7.03. The van der Waals surface area contributed by atoms with Gasteiger partial charge in [0.15, 0.2) is 0 Å². The molecule has 4 rings (SSSR count). The number of nitrogens with one attached hydrogen (secondary N) is 1. The fourth-order valence-corrected chi connectivity index (χ4v) is 6.45. The van der Waals surface area contributed by atoms with Crippen molar-refractivity contribution in [3.05, 3.63) is 42.5 Å². The highest BCUT2D eigenvalue weighted by Crippen LogP contribution is 2.26. The van der Waals surface area contributed by atoms with Crippen LogP contribution in [0.4, 0.5) is 5.69 Å². The van der Waals surface area contributed by atoms with Crippen molar-refractivity contribution >= 4 is 32.6 Å². The Balaban J connectivity index is 1.35. The van der Waals surface area contributed by atoms with Gasteiger partial charge in [-0.3, -0.25) is 9.69 Å². The van der Waals surface area contributed by atoms with Crippen LogP contribution in [0, 0.1) is 0 Å². The van der Waals surface area contributed by atoms with Gasteiger partial charge in [0.05, 0.1) is 6.04 Å². The molecule has 1 saturated heterocycles. The zero-order valence-electron chi connectivity index (χ0n) is 19.0. The summed E-state index contributed by atoms with van der Waals surface area (Å²) >= 11 is 0. The van der Waals surface area contributed by atoms with Crippen molar-refractivity contribution in [3.63, 3.8) is 0 Å². The molecule has 174 valence electrons. The fourth-order valence-electron chi connectivity index (χ4n) is 4.87. The van der Waals surface area contributed by atoms with Gasteiger partial charge in [-0.1, -0.05) is 55.7 Å². The Labute approximate surface area is 191 Å². The summed E-state index contributed by atoms with van der Waals surface area (Å²) in [5, 5.41) is 5.16. The number of nitrogens with zero attached hydrogens (tertiary/aromatic N) is 3. The first-order valence-corrected chi connectivity index (χ1v) is 13.0. The Morgan fingerprint density at radius 2 is 1.66 bits per heavy atom. The molecule has 1 atom stereocenters. The first kappa shape index (κ1) is 23.2. The maximum Gasteiger partial charge on any atom is 0.282 e. The lowest BCUT2D eigenvalue weighted by Crippen LogP contribution is -2.57. The van der Waals surface area contributed by atoms with E-state index in [0.29, 0.717) is 26.2 Å². The maximum atomic E-state index is 13.1. The molecule has 1 aliphatic carbocycles. The summed E-state index contributed by atoms with van der Waals surface area (Å²) in [6.07, 6.45) is 5.28. The van der Waals surface area contributed by atoms with Crippen molar-refractivity contribution in [2.45, 2.75) is 51.1 Å². The molecule has 0 radical (unpaired) electrons. The van der Waals surface area contributed by atoms with Crippen molar-refractivity contribution in [2.75, 3.05) is 38.5 Å². The number of piperazine rings is 1. The van der Waals surface area contributed by atoms with E-state index in [2.05, 4.69) is 10.2 Å². The molecular formula is C24H34N4O3S. The summed E-state index contributed by atoms with van der Waals surface area (Å²) in [6, 6.07) is 13.6. The molecule has 2 fully saturated rings. The van der Waals surface area contributed by atoms with Crippen molar-refractivity contribution in [2.24, 2.45) is 0 Å². The molecule has 0 aromatic heterocycles. The molecule has 8 heteroatoms. The van der Waals surface area contributed by atoms with Crippen LogP contribution in [0.5, 0.6) is 0 Å². The van der Waals surface area contributed by atoms with Crippen LogP contribution < -0.4 is 5.32 Å². The number of hydrogen-bond donors (Lipinski definition) is 1. The van der Waals surface area contributed by atoms with Gasteiger partial charge >= 0.3 is 0 Å². The lowest BCUT2D eigenvalue weighted by molar-refractivity contribution is -0.121. The number of benzene rings is 2. The highest BCUT2D eigenvalue weighted by molar-refractivity contribution is 7.86. The lowest BCUT2D eigenvalue weighted by Gasteiger charge is -2.40. The Morgan fingerprint density at radius 3 is 2.38 bits per heavy atom. The summed E-state index contributed by atoms with van der Waals surface area (Å²) in [5.74, 6) is -0.0722. The minimum atomic E-state index is -3.46. The lowest BCUT2D eigenvalue weighted by atomic mass is 9.96. The van der Waals surface area contributed by atoms with Crippen LogP contribution in [0.2, 0.25) is 0 Å². The highest BCUT2D eigenvalue weighted by Gasteiger charge is 2.36. The summed E-state index contributed by atoms with van der Waals surface area (Å²) in [7, 11) is -1.74. The molecule has 1 saturated carbocycles. The first-order valence-electron chi connectivity index (χ1n) is 11.6. The Hall–Kier alpha value is -2.00. The average Bonchev–Trinajstić information content (AvgIpc) is 2.84. The van der Waals surface area contributed by atoms with Gasteiger partial charge < -0.3 is 5.32 Å². The van der Waals surface area contributed by atoms with Crippen molar-refractivity contribution in [3.8, 4) is 0 Å². The Bertz CT molecular complexity index is 1040. The SMILES string of the molecule is CC(C(=O)Nc1cccc2ccccc12)N1CCN(S(=O)(=O)N(C)C2CCCCC2)CC1. The van der Waals surface area contributed by atoms with Gasteiger partial charge in [0.2, 0.25) is 5.91 Å². The summed E-state index contributed by atoms with van der Waals surface area (Å²) in [4.78, 5) is 15.0. The molecule has 2 aromatic carbocycles. The van der Waals surface area contributed by atoms with Crippen LogP contribution in [0.15, 0.2) is 42.5 Å². The number of amides is 1. The van der Waals surface area contributed by atoms with Crippen LogP contribution in [-0.2, 0) is 15.0 Å². The molecule has 2 aliphatic rings. The zero-order valence-corrected chi connectivity index (χ0v) is 19.9. The number of fused-ring (bicyclic) bond motifs is 1. The van der Waals surface area contributed by atoms with Gasteiger partial charge in [0.25, 0.3) is 10.2 Å². The second kappa shape index (κ2) is 9.87. The number of hydrogen-bond acceptors (Lipinski definition) is 4. The zero-order chi connectivity index (χ0) is 22.7. The molecule has 32 heavy (non-hydrogen) atoms. The first-order chi connectivity index (χ1) is 15.4. The molecule has 1 amide bonds. The number of carbonyl (C=O) groups is 1. The summed E-state index contributed by atoms with van der Waals surface area (Å²) in [6.45, 7) is 3.79. The van der Waals surface area contributed by atoms with E-state index in [1.807, 2.05) is 49.4 Å². The van der Waals surface area contributed by atoms with Crippen LogP contribution in [0.1, 0.15) is 39.0 Å². The minimum absolute atomic E-state index is 0.0722. The number of carbonyl (C=O) groups excluding carboxylic acids is 1. The third-order valence-corrected chi connectivity index (χ3v) is 9.07. The van der Waals surface area contributed by atoms with Gasteiger partial charge in [-0.2, -0.15) is 17.0 Å². The minimum Gasteiger partial charge on any atom is -0.324 e. The Morgan fingerprint density at radius 1 is 1.00 bits per heavy atom. The number of anilines is 1. The molecule has 0 spiro atoms. The quantitative estimate of drug-likeness (QED) is 0.721. The monoisotopic (exact) mass is 458 g/mol. The molecule has 1 aliphatic heterocycles. The van der Waals surface area contributed by atoms with Gasteiger partial charge in [0.1, 0.15) is 0 Å². The smallest absolute Gasteiger partial charge is 0.282 e. The molecule has 0 bridgehead atoms. The van der Waals surface area contributed by atoms with Crippen molar-refractivity contribution < 1.29 is 13.2 Å². The average molecular weight is 459 g/mol. The van der Waals surface area contributed by atoms with E-state index >= 15 is 0 Å². The van der Waals surface area contributed by atoms with Crippen molar-refractivity contribution in [1.82, 2.24) is 13.5 Å². The van der Waals surface area contributed by atoms with Gasteiger partial charge in [-0.05, 0) is 31.2 Å².